The monoisotopic (exact) mass is 308 g/mol. The van der Waals surface area contributed by atoms with Crippen molar-refractivity contribution >= 4 is 5.97 Å². The fourth-order valence-corrected chi connectivity index (χ4v) is 3.16. The highest BCUT2D eigenvalue weighted by Gasteiger charge is 2.28. The molecule has 0 amide bonds. The molecule has 2 aromatic rings. The van der Waals surface area contributed by atoms with Gasteiger partial charge in [0.2, 0.25) is 0 Å². The van der Waals surface area contributed by atoms with Crippen LogP contribution in [0.3, 0.4) is 0 Å². The first-order chi connectivity index (χ1) is 11.2. The van der Waals surface area contributed by atoms with Crippen molar-refractivity contribution in [2.45, 2.75) is 46.0 Å². The lowest BCUT2D eigenvalue weighted by molar-refractivity contribution is -0.140. The van der Waals surface area contributed by atoms with Crippen LogP contribution in [-0.4, -0.2) is 5.97 Å². The molecule has 120 valence electrons. The van der Waals surface area contributed by atoms with Gasteiger partial charge in [0.15, 0.2) is 0 Å². The summed E-state index contributed by atoms with van der Waals surface area (Å²) in [6.45, 7) is 4.25. The highest BCUT2D eigenvalue weighted by Crippen LogP contribution is 2.31. The Bertz CT molecular complexity index is 685. The van der Waals surface area contributed by atoms with E-state index >= 15 is 0 Å². The number of benzene rings is 2. The van der Waals surface area contributed by atoms with Crippen molar-refractivity contribution in [3.8, 4) is 5.75 Å². The zero-order chi connectivity index (χ0) is 16.2. The quantitative estimate of drug-likeness (QED) is 0.593. The maximum atomic E-state index is 12.3. The van der Waals surface area contributed by atoms with E-state index in [1.807, 2.05) is 6.07 Å². The largest absolute Gasteiger partial charge is 0.426 e. The molecule has 2 heteroatoms. The number of fused-ring (bicyclic) bond motifs is 1. The van der Waals surface area contributed by atoms with Gasteiger partial charge in [-0.1, -0.05) is 55.3 Å². The van der Waals surface area contributed by atoms with Gasteiger partial charge in [-0.25, -0.2) is 0 Å². The fraction of sp³-hybridized carbons (Fsp3) is 0.381. The fourth-order valence-electron chi connectivity index (χ4n) is 3.16. The van der Waals surface area contributed by atoms with Gasteiger partial charge in [-0.2, -0.15) is 0 Å². The van der Waals surface area contributed by atoms with Gasteiger partial charge in [0, 0.05) is 0 Å². The number of aryl methyl sites for hydroxylation is 3. The summed E-state index contributed by atoms with van der Waals surface area (Å²) >= 11 is 0. The average Bonchev–Trinajstić information content (AvgIpc) is 2.55. The molecule has 23 heavy (non-hydrogen) atoms. The van der Waals surface area contributed by atoms with Crippen molar-refractivity contribution in [2.24, 2.45) is 5.92 Å². The van der Waals surface area contributed by atoms with Crippen LogP contribution in [-0.2, 0) is 24.1 Å². The Balaban J connectivity index is 1.66. The lowest BCUT2D eigenvalue weighted by Crippen LogP contribution is -2.28. The van der Waals surface area contributed by atoms with Crippen LogP contribution in [0.1, 0.15) is 42.0 Å². The minimum Gasteiger partial charge on any atom is -0.426 e. The summed E-state index contributed by atoms with van der Waals surface area (Å²) < 4.78 is 5.60. The predicted octanol–water partition coefficient (Wildman–Crippen LogP) is 4.66. The van der Waals surface area contributed by atoms with Crippen LogP contribution in [0.5, 0.6) is 5.75 Å². The molecule has 0 aromatic heterocycles. The Labute approximate surface area is 138 Å². The molecule has 0 radical (unpaired) electrons. The van der Waals surface area contributed by atoms with E-state index < -0.39 is 0 Å². The number of hydrogen-bond donors (Lipinski definition) is 0. The second-order valence-corrected chi connectivity index (χ2v) is 6.54. The molecule has 0 N–H and O–H groups in total. The topological polar surface area (TPSA) is 26.3 Å². The number of carbonyl (C=O) groups excluding carboxylic acids is 1. The normalized spacial score (nSPS) is 16.8. The van der Waals surface area contributed by atoms with E-state index in [9.17, 15) is 4.79 Å². The molecule has 1 heterocycles. The third kappa shape index (κ3) is 3.82. The second-order valence-electron chi connectivity index (χ2n) is 6.54. The number of esters is 1. The molecule has 1 aliphatic heterocycles. The minimum absolute atomic E-state index is 0.0270. The average molecular weight is 308 g/mol. The zero-order valence-corrected chi connectivity index (χ0v) is 14.0. The van der Waals surface area contributed by atoms with Crippen molar-refractivity contribution in [3.05, 3.63) is 64.7 Å². The Hall–Kier alpha value is -2.09. The van der Waals surface area contributed by atoms with Gasteiger partial charge in [-0.3, -0.25) is 4.79 Å². The molecule has 3 rings (SSSR count). The molecular weight excluding hydrogens is 284 g/mol. The van der Waals surface area contributed by atoms with Crippen molar-refractivity contribution in [2.75, 3.05) is 0 Å². The summed E-state index contributed by atoms with van der Waals surface area (Å²) in [7, 11) is 0. The van der Waals surface area contributed by atoms with Crippen molar-refractivity contribution in [1.82, 2.24) is 0 Å². The van der Waals surface area contributed by atoms with E-state index in [0.717, 1.165) is 37.9 Å². The molecule has 0 aliphatic carbocycles. The number of rotatable bonds is 5. The van der Waals surface area contributed by atoms with Gasteiger partial charge in [-0.15, -0.1) is 0 Å². The van der Waals surface area contributed by atoms with E-state index in [1.54, 1.807) is 0 Å². The molecule has 1 atom stereocenters. The Morgan fingerprint density at radius 2 is 1.78 bits per heavy atom. The van der Waals surface area contributed by atoms with Gasteiger partial charge in [0.25, 0.3) is 0 Å². The molecule has 0 fully saturated rings. The van der Waals surface area contributed by atoms with Crippen LogP contribution in [0, 0.1) is 12.8 Å². The van der Waals surface area contributed by atoms with Crippen molar-refractivity contribution in [3.63, 3.8) is 0 Å². The molecule has 0 bridgehead atoms. The highest BCUT2D eigenvalue weighted by molar-refractivity contribution is 5.78. The third-order valence-corrected chi connectivity index (χ3v) is 4.58. The van der Waals surface area contributed by atoms with Gasteiger partial charge in [0.05, 0.1) is 5.92 Å². The van der Waals surface area contributed by atoms with Crippen LogP contribution in [0.25, 0.3) is 0 Å². The van der Waals surface area contributed by atoms with Crippen LogP contribution in [0.15, 0.2) is 42.5 Å². The molecule has 0 spiro atoms. The molecule has 0 saturated heterocycles. The SMILES string of the molecule is CCCc1ccc2c(c1)OC(=O)C(CCc1ccc(C)cc1)C2. The molecular formula is C21H24O2. The number of carbonyl (C=O) groups is 1. The van der Waals surface area contributed by atoms with Gasteiger partial charge in [0.1, 0.15) is 5.75 Å². The first-order valence-electron chi connectivity index (χ1n) is 8.54. The molecule has 2 aromatic carbocycles. The highest BCUT2D eigenvalue weighted by atomic mass is 16.5. The molecule has 0 saturated carbocycles. The van der Waals surface area contributed by atoms with E-state index in [1.165, 1.54) is 22.3 Å². The predicted molar refractivity (Wildman–Crippen MR) is 92.8 cm³/mol. The summed E-state index contributed by atoms with van der Waals surface area (Å²) in [4.78, 5) is 12.3. The summed E-state index contributed by atoms with van der Waals surface area (Å²) in [5.74, 6) is 0.673. The zero-order valence-electron chi connectivity index (χ0n) is 14.0. The van der Waals surface area contributed by atoms with Crippen LogP contribution in [0.4, 0.5) is 0 Å². The van der Waals surface area contributed by atoms with Gasteiger partial charge < -0.3 is 4.74 Å². The minimum atomic E-state index is -0.0711. The van der Waals surface area contributed by atoms with Crippen molar-refractivity contribution < 1.29 is 9.53 Å². The smallest absolute Gasteiger partial charge is 0.314 e. The number of hydrogen-bond acceptors (Lipinski definition) is 2. The van der Waals surface area contributed by atoms with Gasteiger partial charge >= 0.3 is 5.97 Å². The van der Waals surface area contributed by atoms with Gasteiger partial charge in [-0.05, 0) is 55.4 Å². The summed E-state index contributed by atoms with van der Waals surface area (Å²) in [5.41, 5.74) is 4.96. The lowest BCUT2D eigenvalue weighted by Gasteiger charge is -2.24. The van der Waals surface area contributed by atoms with E-state index in [0.29, 0.717) is 0 Å². The van der Waals surface area contributed by atoms with Crippen LogP contribution < -0.4 is 4.74 Å². The lowest BCUT2D eigenvalue weighted by atomic mass is 9.90. The Morgan fingerprint density at radius 1 is 1.04 bits per heavy atom. The standard InChI is InChI=1S/C21H24O2/c1-3-4-17-10-11-18-14-19(21(22)23-20(18)13-17)12-9-16-7-5-15(2)6-8-16/h5-8,10-11,13,19H,3-4,9,12,14H2,1-2H3. The molecule has 1 aliphatic rings. The van der Waals surface area contributed by atoms with E-state index in [-0.39, 0.29) is 11.9 Å². The summed E-state index contributed by atoms with van der Waals surface area (Å²) in [5, 5.41) is 0. The summed E-state index contributed by atoms with van der Waals surface area (Å²) in [6.07, 6.45) is 4.70. The number of ether oxygens (including phenoxy) is 1. The van der Waals surface area contributed by atoms with E-state index in [2.05, 4.69) is 50.2 Å². The molecule has 1 unspecified atom stereocenters. The van der Waals surface area contributed by atoms with Crippen molar-refractivity contribution in [1.29, 1.82) is 0 Å². The third-order valence-electron chi connectivity index (χ3n) is 4.58. The first kappa shape index (κ1) is 15.8. The van der Waals surface area contributed by atoms with Crippen LogP contribution >= 0.6 is 0 Å². The van der Waals surface area contributed by atoms with Crippen LogP contribution in [0.2, 0.25) is 0 Å². The Kier molecular flexibility index (Phi) is 4.80. The second kappa shape index (κ2) is 6.99. The van der Waals surface area contributed by atoms with E-state index in [4.69, 9.17) is 4.74 Å². The maximum Gasteiger partial charge on any atom is 0.314 e. The molecule has 2 nitrogen and oxygen atoms in total. The first-order valence-corrected chi connectivity index (χ1v) is 8.54. The maximum absolute atomic E-state index is 12.3. The Morgan fingerprint density at radius 3 is 2.52 bits per heavy atom. The summed E-state index contributed by atoms with van der Waals surface area (Å²) in [6, 6.07) is 14.9.